The van der Waals surface area contributed by atoms with E-state index in [1.165, 1.54) is 7.11 Å². The zero-order valence-electron chi connectivity index (χ0n) is 51.4. The van der Waals surface area contributed by atoms with Crippen molar-refractivity contribution < 1.29 is 193 Å². The number of methoxy groups -OCH3 is 1. The quantitative estimate of drug-likeness (QED) is 0.0731. The summed E-state index contributed by atoms with van der Waals surface area (Å²) in [7, 11) is 1.43. The summed E-state index contributed by atoms with van der Waals surface area (Å²) in [5, 5.41) is 239. The minimum absolute atomic E-state index is 0.166. The molecule has 21 saturated heterocycles. The molecule has 1 aromatic rings. The van der Waals surface area contributed by atoms with Gasteiger partial charge in [-0.15, -0.1) is 0 Å². The second kappa shape index (κ2) is 33.9. The zero-order valence-corrected chi connectivity index (χ0v) is 51.4. The first-order valence-electron chi connectivity index (χ1n) is 31.0. The average Bonchev–Trinajstić information content (AvgIpc) is 0.791. The summed E-state index contributed by atoms with van der Waals surface area (Å²) < 4.78 is 86.0. The number of carboxylic acids is 1. The van der Waals surface area contributed by atoms with E-state index < -0.39 is 298 Å². The van der Waals surface area contributed by atoms with Gasteiger partial charge in [-0.05, 0) is 17.7 Å². The van der Waals surface area contributed by atoms with Crippen molar-refractivity contribution in [1.29, 1.82) is 0 Å². The van der Waals surface area contributed by atoms with E-state index in [-0.39, 0.29) is 6.42 Å². The van der Waals surface area contributed by atoms with Gasteiger partial charge in [0.2, 0.25) is 11.8 Å². The van der Waals surface area contributed by atoms with Crippen molar-refractivity contribution in [2.75, 3.05) is 53.3 Å². The van der Waals surface area contributed by atoms with Gasteiger partial charge in [0.25, 0.3) is 0 Å². The molecular weight excluding hydrogens is 1320 g/mol. The molecule has 36 atom stereocenters. The molecule has 0 spiro atoms. The minimum atomic E-state index is -2.35. The van der Waals surface area contributed by atoms with Crippen LogP contribution in [0.25, 0.3) is 0 Å². The monoisotopic (exact) mass is 1410 g/mol. The van der Waals surface area contributed by atoms with Crippen LogP contribution in [0.1, 0.15) is 18.4 Å². The van der Waals surface area contributed by atoms with Gasteiger partial charge in [-0.2, -0.15) is 0 Å². The molecule has 41 nitrogen and oxygen atoms in total. The molecule has 97 heavy (non-hydrogen) atoms. The molecule has 2 amide bonds. The molecule has 1 aromatic carbocycles. The van der Waals surface area contributed by atoms with Crippen LogP contribution in [-0.2, 0) is 87.1 Å². The fourth-order valence-corrected chi connectivity index (χ4v) is 12.4. The molecule has 41 heteroatoms. The molecular formula is C56H86N2O39. The maximum atomic E-state index is 13.5. The topological polar surface area (TPSA) is 639 Å². The van der Waals surface area contributed by atoms with E-state index in [1.807, 2.05) is 0 Å². The van der Waals surface area contributed by atoms with E-state index in [0.717, 1.165) is 0 Å². The lowest BCUT2D eigenvalue weighted by molar-refractivity contribution is -0.396. The molecule has 14 bridgehead atoms. The van der Waals surface area contributed by atoms with Crippen molar-refractivity contribution >= 4 is 17.8 Å². The van der Waals surface area contributed by atoms with E-state index in [1.54, 1.807) is 24.3 Å². The summed E-state index contributed by atoms with van der Waals surface area (Å²) in [6.07, 6.45) is -74.6. The highest BCUT2D eigenvalue weighted by Crippen LogP contribution is 2.39. The maximum Gasteiger partial charge on any atom is 0.326 e. The Morgan fingerprint density at radius 3 is 0.835 bits per heavy atom. The Labute approximate surface area is 549 Å². The van der Waals surface area contributed by atoms with Crippen molar-refractivity contribution in [3.05, 3.63) is 29.8 Å². The Morgan fingerprint density at radius 1 is 0.361 bits per heavy atom. The van der Waals surface area contributed by atoms with Crippen LogP contribution in [0.2, 0.25) is 0 Å². The molecule has 22 rings (SSSR count). The van der Waals surface area contributed by atoms with Gasteiger partial charge >= 0.3 is 5.97 Å². The lowest BCUT2D eigenvalue weighted by atomic mass is 9.95. The highest BCUT2D eigenvalue weighted by atomic mass is 16.8. The van der Waals surface area contributed by atoms with Crippen molar-refractivity contribution in [3.63, 3.8) is 0 Å². The number of aliphatic carboxylic acids is 1. The summed E-state index contributed by atoms with van der Waals surface area (Å²) in [5.41, 5.74) is 0.511. The lowest BCUT2D eigenvalue weighted by Gasteiger charge is -2.50. The predicted molar refractivity (Wildman–Crippen MR) is 300 cm³/mol. The smallest absolute Gasteiger partial charge is 0.326 e. The fourth-order valence-electron chi connectivity index (χ4n) is 12.4. The molecule has 21 aliphatic heterocycles. The second-order valence-electron chi connectivity index (χ2n) is 24.3. The standard InChI is InChI=1S/C56H86N2O39/c1-83-17-4-2-16(3-5-17)8-18(49(81)82)58-27(66)7-6-26(65)57-9-19-42-28(67)35(74)50(84-19)92-43-20(10-59)86-52(37(76)30(43)69)94-45-22(12-61)88-54(39(78)32(45)71)96-47-24(14-63)90-56(41(80)34(47)73)97-48-25(15-64)89-55(40(79)33(48)72)95-46-23(13-62)87-53(38(77)31(46)70)93-44-21(11-60)85-51(91-42)36(75)29(44)68/h2-5,18-25,28-48,50-56,59-64,67-80H,6-15H2,1H3,(H,57,65)(H,58,66)(H,81,82)/t18-,19-,20+,21-,22+,23-,24+,25-,28+,29+,30-,31+,32+,33+,34+,35+,36+,37-,38+,39-,40+,41+,42+,43+,44+,45+,46+,47+,48+,50+,51+,52+,53+,54+,55+,56+/m0/s1. The number of carbonyl (C=O) groups excluding carboxylic acids is 2. The van der Waals surface area contributed by atoms with Crippen LogP contribution < -0.4 is 15.4 Å². The third-order valence-corrected chi connectivity index (χ3v) is 17.9. The van der Waals surface area contributed by atoms with Gasteiger partial charge in [-0.3, -0.25) is 9.59 Å². The van der Waals surface area contributed by atoms with E-state index in [2.05, 4.69) is 10.6 Å². The molecule has 21 heterocycles. The Balaban J connectivity index is 0.981. The van der Waals surface area contributed by atoms with Gasteiger partial charge in [0.05, 0.1) is 46.8 Å². The number of rotatable bonds is 16. The fraction of sp³-hybridized carbons (Fsp3) is 0.839. The Hall–Kier alpha value is -3.93. The van der Waals surface area contributed by atoms with Crippen LogP contribution in [0.5, 0.6) is 5.75 Å². The number of benzene rings is 1. The number of nitrogens with one attached hydrogen (secondary N) is 2. The molecule has 0 radical (unpaired) electrons. The number of hydrogen-bond acceptors (Lipinski definition) is 38. The molecule has 21 fully saturated rings. The first kappa shape index (κ1) is 77.2. The number of carboxylic acid groups (broad SMARTS) is 1. The van der Waals surface area contributed by atoms with Crippen LogP contribution in [0.15, 0.2) is 24.3 Å². The van der Waals surface area contributed by atoms with Crippen LogP contribution in [0.3, 0.4) is 0 Å². The van der Waals surface area contributed by atoms with Gasteiger partial charge in [0.1, 0.15) is 183 Å². The van der Waals surface area contributed by atoms with Crippen LogP contribution >= 0.6 is 0 Å². The van der Waals surface area contributed by atoms with Crippen LogP contribution in [0, 0.1) is 0 Å². The molecule has 0 aromatic heterocycles. The second-order valence-corrected chi connectivity index (χ2v) is 24.3. The average molecular weight is 1410 g/mol. The summed E-state index contributed by atoms with van der Waals surface area (Å²) in [6.45, 7) is -7.42. The van der Waals surface area contributed by atoms with Crippen molar-refractivity contribution in [2.24, 2.45) is 0 Å². The Kier molecular flexibility index (Phi) is 27.0. The van der Waals surface area contributed by atoms with Gasteiger partial charge in [-0.1, -0.05) is 12.1 Å². The Bertz CT molecular complexity index is 2650. The van der Waals surface area contributed by atoms with Crippen LogP contribution in [-0.4, -0.2) is 399 Å². The number of aliphatic hydroxyl groups is 20. The lowest BCUT2D eigenvalue weighted by Crippen LogP contribution is -2.68. The van der Waals surface area contributed by atoms with E-state index in [0.29, 0.717) is 11.3 Å². The summed E-state index contributed by atoms with van der Waals surface area (Å²) in [4.78, 5) is 38.7. The summed E-state index contributed by atoms with van der Waals surface area (Å²) in [5.74, 6) is -2.74. The highest BCUT2D eigenvalue weighted by molar-refractivity contribution is 5.87. The zero-order chi connectivity index (χ0) is 70.6. The molecule has 0 unspecified atom stereocenters. The third kappa shape index (κ3) is 16.9. The largest absolute Gasteiger partial charge is 0.497 e. The molecule has 21 aliphatic rings. The molecule has 554 valence electrons. The number of ether oxygens (including phenoxy) is 15. The van der Waals surface area contributed by atoms with Gasteiger partial charge in [0.15, 0.2) is 44.0 Å². The SMILES string of the molecule is COc1ccc(C[C@H](NC(=O)CCC(=O)NC[C@@H]2O[C@@H]3O[C@H]4[C@@H](O)[C@H](O)[C@@H](O[C@H]5[C@H](O)[C@H](O)[C@@H](O[C@H]6[C@H](O)[C@@H](O)[C@@H](O[C@H]7[C@H](O)[C@@H](O)[C@@H](O[C@H]8[C@H](O)[C@@H](O)[C@@H](O[C@H]9[C@H](O)[C@@H](O)[C@@H](O[C@H]2[C@H](O)[C@H]3O)O[C@H]9CO)O[C@H]8CO)O[C@H]7CO)O[C@@H]6CO)O[C@@H]5CO)O[C@@H]4CO)C(=O)O)cc1. The first-order chi connectivity index (χ1) is 46.2. The number of amides is 2. The van der Waals surface area contributed by atoms with E-state index in [4.69, 9.17) is 71.1 Å². The number of carbonyl (C=O) groups is 3. The summed E-state index contributed by atoms with van der Waals surface area (Å²) >= 11 is 0. The van der Waals surface area contributed by atoms with E-state index >= 15 is 0 Å². The predicted octanol–water partition coefficient (Wildman–Crippen LogP) is -14.5. The third-order valence-electron chi connectivity index (χ3n) is 17.9. The normalized spacial score (nSPS) is 46.5. The molecule has 0 aliphatic carbocycles. The maximum absolute atomic E-state index is 13.5. The van der Waals surface area contributed by atoms with Crippen molar-refractivity contribution in [1.82, 2.24) is 10.6 Å². The van der Waals surface area contributed by atoms with Gasteiger partial charge in [-0.25, -0.2) is 4.79 Å². The van der Waals surface area contributed by atoms with E-state index in [9.17, 15) is 122 Å². The number of aliphatic hydroxyl groups excluding tert-OH is 20. The number of hydrogen-bond donors (Lipinski definition) is 23. The summed E-state index contributed by atoms with van der Waals surface area (Å²) in [6, 6.07) is 4.86. The molecule has 23 N–H and O–H groups in total. The van der Waals surface area contributed by atoms with Gasteiger partial charge < -0.3 is 189 Å². The van der Waals surface area contributed by atoms with Crippen molar-refractivity contribution in [3.8, 4) is 5.75 Å². The highest BCUT2D eigenvalue weighted by Gasteiger charge is 2.60. The first-order valence-corrected chi connectivity index (χ1v) is 31.0. The minimum Gasteiger partial charge on any atom is -0.497 e. The van der Waals surface area contributed by atoms with Gasteiger partial charge in [0, 0.05) is 25.8 Å². The van der Waals surface area contributed by atoms with Crippen LogP contribution in [0.4, 0.5) is 0 Å². The van der Waals surface area contributed by atoms with Crippen molar-refractivity contribution in [2.45, 2.75) is 240 Å². The Morgan fingerprint density at radius 2 is 0.598 bits per heavy atom. The molecule has 0 saturated carbocycles.